The van der Waals surface area contributed by atoms with Crippen LogP contribution in [-0.4, -0.2) is 6.54 Å². The highest BCUT2D eigenvalue weighted by molar-refractivity contribution is 5.32. The fourth-order valence-corrected chi connectivity index (χ4v) is 2.38. The number of aryl methyl sites for hydroxylation is 1. The maximum absolute atomic E-state index is 13.1. The third-order valence-electron chi connectivity index (χ3n) is 3.69. The Labute approximate surface area is 97.1 Å². The van der Waals surface area contributed by atoms with Crippen molar-refractivity contribution in [2.45, 2.75) is 39.7 Å². The van der Waals surface area contributed by atoms with Gasteiger partial charge in [0, 0.05) is 6.04 Å². The smallest absolute Gasteiger partial charge is 0.123 e. The summed E-state index contributed by atoms with van der Waals surface area (Å²) in [5.41, 5.74) is 2.68. The first-order valence-corrected chi connectivity index (χ1v) is 6.06. The van der Waals surface area contributed by atoms with Crippen LogP contribution in [-0.2, 0) is 0 Å². The second-order valence-corrected chi connectivity index (χ2v) is 5.15. The molecule has 0 radical (unpaired) electrons. The third-order valence-corrected chi connectivity index (χ3v) is 3.69. The van der Waals surface area contributed by atoms with E-state index in [1.807, 2.05) is 13.0 Å². The molecule has 1 aromatic carbocycles. The summed E-state index contributed by atoms with van der Waals surface area (Å²) in [5, 5.41) is 3.54. The zero-order valence-electron chi connectivity index (χ0n) is 10.3. The molecule has 88 valence electrons. The normalized spacial score (nSPS) is 19.5. The molecular formula is C14H20FN. The monoisotopic (exact) mass is 221 g/mol. The first-order chi connectivity index (χ1) is 7.57. The van der Waals surface area contributed by atoms with Gasteiger partial charge in [-0.2, -0.15) is 0 Å². The van der Waals surface area contributed by atoms with Gasteiger partial charge in [-0.15, -0.1) is 0 Å². The zero-order valence-corrected chi connectivity index (χ0v) is 10.3. The van der Waals surface area contributed by atoms with Gasteiger partial charge in [0.05, 0.1) is 0 Å². The zero-order chi connectivity index (χ0) is 11.8. The summed E-state index contributed by atoms with van der Waals surface area (Å²) in [7, 11) is 0. The van der Waals surface area contributed by atoms with Crippen molar-refractivity contribution in [3.8, 4) is 0 Å². The highest BCUT2D eigenvalue weighted by Gasteiger charge is 2.45. The molecule has 1 saturated carbocycles. The highest BCUT2D eigenvalue weighted by atomic mass is 19.1. The first kappa shape index (κ1) is 11.6. The lowest BCUT2D eigenvalue weighted by atomic mass is 9.89. The van der Waals surface area contributed by atoms with E-state index in [0.717, 1.165) is 12.1 Å². The van der Waals surface area contributed by atoms with Crippen molar-refractivity contribution in [2.24, 2.45) is 5.41 Å². The lowest BCUT2D eigenvalue weighted by Gasteiger charge is -2.26. The molecule has 0 bridgehead atoms. The summed E-state index contributed by atoms with van der Waals surface area (Å²) in [5.74, 6) is -0.141. The molecule has 0 aliphatic heterocycles. The molecule has 1 aromatic rings. The fourth-order valence-electron chi connectivity index (χ4n) is 2.38. The lowest BCUT2D eigenvalue weighted by molar-refractivity contribution is 0.371. The van der Waals surface area contributed by atoms with Gasteiger partial charge in [0.1, 0.15) is 5.82 Å². The molecule has 0 heterocycles. The second-order valence-electron chi connectivity index (χ2n) is 5.15. The number of hydrogen-bond donors (Lipinski definition) is 1. The minimum absolute atomic E-state index is 0.141. The Morgan fingerprint density at radius 1 is 1.44 bits per heavy atom. The van der Waals surface area contributed by atoms with Crippen molar-refractivity contribution >= 4 is 0 Å². The molecular weight excluding hydrogens is 201 g/mol. The molecule has 1 atom stereocenters. The van der Waals surface area contributed by atoms with Crippen LogP contribution in [0.4, 0.5) is 4.39 Å². The molecule has 2 rings (SSSR count). The molecule has 0 aromatic heterocycles. The van der Waals surface area contributed by atoms with E-state index in [9.17, 15) is 4.39 Å². The van der Waals surface area contributed by atoms with Crippen LogP contribution >= 0.6 is 0 Å². The summed E-state index contributed by atoms with van der Waals surface area (Å²) in [6.45, 7) is 7.38. The predicted octanol–water partition coefficient (Wildman–Crippen LogP) is 3.58. The molecule has 0 spiro atoms. The van der Waals surface area contributed by atoms with E-state index in [4.69, 9.17) is 0 Å². The number of benzene rings is 1. The Morgan fingerprint density at radius 3 is 2.62 bits per heavy atom. The summed E-state index contributed by atoms with van der Waals surface area (Å²) in [6.07, 6.45) is 2.53. The van der Waals surface area contributed by atoms with Gasteiger partial charge in [-0.3, -0.25) is 0 Å². The van der Waals surface area contributed by atoms with Gasteiger partial charge >= 0.3 is 0 Å². The molecule has 1 fully saturated rings. The number of rotatable bonds is 4. The van der Waals surface area contributed by atoms with E-state index in [2.05, 4.69) is 19.2 Å². The maximum Gasteiger partial charge on any atom is 0.123 e. The number of nitrogens with one attached hydrogen (secondary N) is 1. The maximum atomic E-state index is 13.1. The van der Waals surface area contributed by atoms with Gasteiger partial charge in [-0.1, -0.05) is 19.9 Å². The Hall–Kier alpha value is -0.890. The molecule has 1 N–H and O–H groups in total. The largest absolute Gasteiger partial charge is 0.310 e. The first-order valence-electron chi connectivity index (χ1n) is 6.06. The van der Waals surface area contributed by atoms with Gasteiger partial charge in [0.25, 0.3) is 0 Å². The van der Waals surface area contributed by atoms with Crippen molar-refractivity contribution in [1.82, 2.24) is 5.32 Å². The third kappa shape index (κ3) is 2.12. The summed E-state index contributed by atoms with van der Waals surface area (Å²) >= 11 is 0. The molecule has 0 amide bonds. The fraction of sp³-hybridized carbons (Fsp3) is 0.571. The second kappa shape index (κ2) is 4.17. The summed E-state index contributed by atoms with van der Waals surface area (Å²) in [4.78, 5) is 0. The van der Waals surface area contributed by atoms with E-state index < -0.39 is 0 Å². The molecule has 1 aliphatic rings. The number of hydrogen-bond acceptors (Lipinski definition) is 1. The van der Waals surface area contributed by atoms with E-state index in [1.165, 1.54) is 18.4 Å². The van der Waals surface area contributed by atoms with Crippen LogP contribution in [0, 0.1) is 18.2 Å². The molecule has 1 nitrogen and oxygen atoms in total. The van der Waals surface area contributed by atoms with E-state index in [0.29, 0.717) is 11.5 Å². The van der Waals surface area contributed by atoms with Crippen LogP contribution in [0.15, 0.2) is 18.2 Å². The minimum Gasteiger partial charge on any atom is -0.310 e. The van der Waals surface area contributed by atoms with Crippen LogP contribution in [0.3, 0.4) is 0 Å². The standard InChI is InChI=1S/C14H20FN/c1-4-16-13(14(3)7-8-14)12-6-5-11(15)9-10(12)2/h5-6,9,13,16H,4,7-8H2,1-3H3. The van der Waals surface area contributed by atoms with Gasteiger partial charge < -0.3 is 5.32 Å². The molecule has 1 unspecified atom stereocenters. The van der Waals surface area contributed by atoms with E-state index >= 15 is 0 Å². The Kier molecular flexibility index (Phi) is 3.02. The van der Waals surface area contributed by atoms with Crippen molar-refractivity contribution < 1.29 is 4.39 Å². The van der Waals surface area contributed by atoms with Crippen molar-refractivity contribution in [2.75, 3.05) is 6.54 Å². The Balaban J connectivity index is 2.31. The molecule has 2 heteroatoms. The lowest BCUT2D eigenvalue weighted by Crippen LogP contribution is -2.28. The average Bonchev–Trinajstić information content (AvgIpc) is 2.95. The average molecular weight is 221 g/mol. The van der Waals surface area contributed by atoms with Gasteiger partial charge in [0.2, 0.25) is 0 Å². The summed E-state index contributed by atoms with van der Waals surface area (Å²) < 4.78 is 13.1. The quantitative estimate of drug-likeness (QED) is 0.819. The van der Waals surface area contributed by atoms with Crippen LogP contribution in [0.25, 0.3) is 0 Å². The van der Waals surface area contributed by atoms with Crippen LogP contribution in [0.2, 0.25) is 0 Å². The Morgan fingerprint density at radius 2 is 2.12 bits per heavy atom. The van der Waals surface area contributed by atoms with E-state index in [-0.39, 0.29) is 5.82 Å². The number of halogens is 1. The summed E-state index contributed by atoms with van der Waals surface area (Å²) in [6, 6.07) is 5.50. The van der Waals surface area contributed by atoms with Crippen molar-refractivity contribution in [3.05, 3.63) is 35.1 Å². The van der Waals surface area contributed by atoms with Crippen molar-refractivity contribution in [1.29, 1.82) is 0 Å². The van der Waals surface area contributed by atoms with Gasteiger partial charge in [-0.25, -0.2) is 4.39 Å². The van der Waals surface area contributed by atoms with Gasteiger partial charge in [-0.05, 0) is 55.0 Å². The molecule has 1 aliphatic carbocycles. The Bertz CT molecular complexity index is 382. The van der Waals surface area contributed by atoms with E-state index in [1.54, 1.807) is 12.1 Å². The molecule has 16 heavy (non-hydrogen) atoms. The highest BCUT2D eigenvalue weighted by Crippen LogP contribution is 2.54. The topological polar surface area (TPSA) is 12.0 Å². The predicted molar refractivity (Wildman–Crippen MR) is 64.9 cm³/mol. The van der Waals surface area contributed by atoms with Crippen LogP contribution in [0.5, 0.6) is 0 Å². The van der Waals surface area contributed by atoms with Gasteiger partial charge in [0.15, 0.2) is 0 Å². The molecule has 0 saturated heterocycles. The van der Waals surface area contributed by atoms with Crippen molar-refractivity contribution in [3.63, 3.8) is 0 Å². The SMILES string of the molecule is CCNC(c1ccc(F)cc1C)C1(C)CC1. The van der Waals surface area contributed by atoms with Crippen LogP contribution < -0.4 is 5.32 Å². The van der Waals surface area contributed by atoms with Crippen LogP contribution in [0.1, 0.15) is 43.9 Å². The minimum atomic E-state index is -0.141.